The van der Waals surface area contributed by atoms with Gasteiger partial charge in [-0.3, -0.25) is 9.59 Å². The van der Waals surface area contributed by atoms with E-state index >= 15 is 0 Å². The summed E-state index contributed by atoms with van der Waals surface area (Å²) in [4.78, 5) is 29.5. The second-order valence-corrected chi connectivity index (χ2v) is 9.61. The number of aryl methyl sites for hydroxylation is 1. The van der Waals surface area contributed by atoms with Gasteiger partial charge in [-0.25, -0.2) is 8.78 Å². The molecule has 1 atom stereocenters. The minimum atomic E-state index is -1.24. The van der Waals surface area contributed by atoms with Gasteiger partial charge in [0.05, 0.1) is 19.3 Å². The highest BCUT2D eigenvalue weighted by Gasteiger charge is 2.59. The summed E-state index contributed by atoms with van der Waals surface area (Å²) in [6.07, 6.45) is 0. The second kappa shape index (κ2) is 8.43. The summed E-state index contributed by atoms with van der Waals surface area (Å²) in [6.45, 7) is 2.26. The fraction of sp³-hybridized carbons (Fsp3) is 0.231. The highest BCUT2D eigenvalue weighted by Crippen LogP contribution is 2.55. The average Bonchev–Trinajstić information content (AvgIpc) is 3.37. The molecule has 3 aromatic rings. The number of amides is 2. The van der Waals surface area contributed by atoms with E-state index in [0.717, 1.165) is 11.6 Å². The number of ether oxygens (including phenoxy) is 1. The van der Waals surface area contributed by atoms with Crippen LogP contribution in [0.5, 0.6) is 5.75 Å². The molecule has 3 aromatic carbocycles. The predicted molar refractivity (Wildman–Crippen MR) is 127 cm³/mol. The highest BCUT2D eigenvalue weighted by atomic mass is 32.2. The second-order valence-electron chi connectivity index (χ2n) is 8.33. The summed E-state index contributed by atoms with van der Waals surface area (Å²) < 4.78 is 33.1. The molecule has 5 rings (SSSR count). The zero-order chi connectivity index (χ0) is 24.0. The first-order valence-electron chi connectivity index (χ1n) is 10.8. The minimum absolute atomic E-state index is 0.0616. The van der Waals surface area contributed by atoms with E-state index in [-0.39, 0.29) is 23.9 Å². The zero-order valence-electron chi connectivity index (χ0n) is 18.7. The number of carbonyl (C=O) groups is 2. The Morgan fingerprint density at radius 3 is 2.56 bits per heavy atom. The van der Waals surface area contributed by atoms with Crippen LogP contribution >= 0.6 is 11.8 Å². The third kappa shape index (κ3) is 3.44. The van der Waals surface area contributed by atoms with Crippen LogP contribution in [0, 0.1) is 18.6 Å². The van der Waals surface area contributed by atoms with Gasteiger partial charge in [-0.05, 0) is 43.3 Å². The quantitative estimate of drug-likeness (QED) is 0.535. The molecule has 34 heavy (non-hydrogen) atoms. The molecule has 0 radical (unpaired) electrons. The van der Waals surface area contributed by atoms with Crippen molar-refractivity contribution < 1.29 is 23.1 Å². The zero-order valence-corrected chi connectivity index (χ0v) is 19.5. The number of carbonyl (C=O) groups excluding carboxylic acids is 2. The van der Waals surface area contributed by atoms with E-state index in [2.05, 4.69) is 0 Å². The molecule has 174 valence electrons. The number of methoxy groups -OCH3 is 1. The van der Waals surface area contributed by atoms with Gasteiger partial charge in [-0.1, -0.05) is 23.8 Å². The van der Waals surface area contributed by atoms with E-state index in [1.165, 1.54) is 28.8 Å². The minimum Gasteiger partial charge on any atom is -0.497 e. The molecule has 0 N–H and O–H groups in total. The van der Waals surface area contributed by atoms with Gasteiger partial charge >= 0.3 is 0 Å². The third-order valence-corrected chi connectivity index (χ3v) is 7.69. The van der Waals surface area contributed by atoms with E-state index in [0.29, 0.717) is 34.9 Å². The largest absolute Gasteiger partial charge is 0.497 e. The molecule has 1 spiro atoms. The van der Waals surface area contributed by atoms with E-state index in [1.54, 1.807) is 36.3 Å². The van der Waals surface area contributed by atoms with Crippen molar-refractivity contribution in [3.63, 3.8) is 0 Å². The van der Waals surface area contributed by atoms with Gasteiger partial charge in [0, 0.05) is 35.1 Å². The van der Waals surface area contributed by atoms with Crippen LogP contribution in [0.15, 0.2) is 60.7 Å². The lowest BCUT2D eigenvalue weighted by molar-refractivity contribution is -0.123. The molecule has 1 saturated heterocycles. The SMILES string of the molecule is COc1ccc(C(=O)N2CCS[C@]23C(=O)N(Cc2ccc(F)cc2F)c2ccc(C)cc23)cc1. The van der Waals surface area contributed by atoms with Crippen LogP contribution < -0.4 is 9.64 Å². The first-order valence-corrected chi connectivity index (χ1v) is 11.8. The number of fused-ring (bicyclic) bond motifs is 2. The van der Waals surface area contributed by atoms with Crippen LogP contribution in [-0.4, -0.2) is 36.1 Å². The molecule has 1 fully saturated rings. The van der Waals surface area contributed by atoms with Gasteiger partial charge in [-0.2, -0.15) is 0 Å². The monoisotopic (exact) mass is 480 g/mol. The molecular weight excluding hydrogens is 458 g/mol. The normalized spacial score (nSPS) is 19.1. The molecule has 5 nitrogen and oxygen atoms in total. The number of nitrogens with zero attached hydrogens (tertiary/aromatic N) is 2. The number of hydrogen-bond acceptors (Lipinski definition) is 4. The molecule has 2 amide bonds. The van der Waals surface area contributed by atoms with Crippen molar-refractivity contribution in [3.8, 4) is 5.75 Å². The summed E-state index contributed by atoms with van der Waals surface area (Å²) in [5.74, 6) is -0.742. The lowest BCUT2D eigenvalue weighted by Crippen LogP contribution is -2.50. The van der Waals surface area contributed by atoms with Crippen molar-refractivity contribution >= 4 is 29.3 Å². The number of hydrogen-bond donors (Lipinski definition) is 0. The first-order chi connectivity index (χ1) is 16.3. The van der Waals surface area contributed by atoms with Crippen molar-refractivity contribution in [3.05, 3.63) is 94.6 Å². The van der Waals surface area contributed by atoms with Crippen molar-refractivity contribution in [2.24, 2.45) is 0 Å². The van der Waals surface area contributed by atoms with Gasteiger partial charge in [0.25, 0.3) is 11.8 Å². The van der Waals surface area contributed by atoms with E-state index in [4.69, 9.17) is 4.74 Å². The van der Waals surface area contributed by atoms with Crippen molar-refractivity contribution in [2.75, 3.05) is 24.3 Å². The molecule has 2 heterocycles. The van der Waals surface area contributed by atoms with Crippen molar-refractivity contribution in [1.82, 2.24) is 4.90 Å². The Balaban J connectivity index is 1.58. The highest BCUT2D eigenvalue weighted by molar-refractivity contribution is 8.01. The Hall–Kier alpha value is -3.39. The van der Waals surface area contributed by atoms with Crippen LogP contribution in [0.3, 0.4) is 0 Å². The summed E-state index contributed by atoms with van der Waals surface area (Å²) >= 11 is 1.41. The Morgan fingerprint density at radius 2 is 1.85 bits per heavy atom. The maximum atomic E-state index is 14.5. The number of halogens is 2. The summed E-state index contributed by atoms with van der Waals surface area (Å²) in [5, 5.41) is 0. The lowest BCUT2D eigenvalue weighted by Gasteiger charge is -2.33. The number of thioether (sulfide) groups is 1. The fourth-order valence-electron chi connectivity index (χ4n) is 4.60. The van der Waals surface area contributed by atoms with Crippen LogP contribution in [0.2, 0.25) is 0 Å². The van der Waals surface area contributed by atoms with Crippen molar-refractivity contribution in [2.45, 2.75) is 18.3 Å². The Bertz CT molecular complexity index is 1300. The van der Waals surface area contributed by atoms with E-state index < -0.39 is 16.5 Å². The molecule has 0 bridgehead atoms. The Labute approximate surface area is 200 Å². The number of anilines is 1. The molecule has 0 saturated carbocycles. The van der Waals surface area contributed by atoms with Gasteiger partial charge in [0.2, 0.25) is 0 Å². The lowest BCUT2D eigenvalue weighted by atomic mass is 10.0. The van der Waals surface area contributed by atoms with Gasteiger partial charge in [-0.15, -0.1) is 11.8 Å². The summed E-state index contributed by atoms with van der Waals surface area (Å²) in [6, 6.07) is 15.7. The van der Waals surface area contributed by atoms with Crippen LogP contribution in [0.4, 0.5) is 14.5 Å². The van der Waals surface area contributed by atoms with Gasteiger partial charge < -0.3 is 14.5 Å². The molecule has 8 heteroatoms. The predicted octanol–water partition coefficient (Wildman–Crippen LogP) is 4.87. The van der Waals surface area contributed by atoms with Crippen LogP contribution in [-0.2, 0) is 16.2 Å². The molecule has 2 aliphatic heterocycles. The molecule has 0 aromatic heterocycles. The number of rotatable bonds is 4. The Kier molecular flexibility index (Phi) is 5.56. The summed E-state index contributed by atoms with van der Waals surface area (Å²) in [5.41, 5.74) is 2.94. The number of benzene rings is 3. The van der Waals surface area contributed by atoms with E-state index in [9.17, 15) is 18.4 Å². The average molecular weight is 481 g/mol. The van der Waals surface area contributed by atoms with Gasteiger partial charge in [0.1, 0.15) is 17.4 Å². The summed E-state index contributed by atoms with van der Waals surface area (Å²) in [7, 11) is 1.55. The van der Waals surface area contributed by atoms with Crippen LogP contribution in [0.25, 0.3) is 0 Å². The van der Waals surface area contributed by atoms with Crippen molar-refractivity contribution in [1.29, 1.82) is 0 Å². The molecular formula is C26H22F2N2O3S. The molecule has 0 unspecified atom stereocenters. The third-order valence-electron chi connectivity index (χ3n) is 6.27. The van der Waals surface area contributed by atoms with Gasteiger partial charge in [0.15, 0.2) is 4.87 Å². The molecule has 2 aliphatic rings. The maximum Gasteiger partial charge on any atom is 0.268 e. The fourth-order valence-corrected chi connectivity index (χ4v) is 6.05. The first kappa shape index (κ1) is 22.4. The maximum absolute atomic E-state index is 14.5. The van der Waals surface area contributed by atoms with Crippen LogP contribution in [0.1, 0.15) is 27.0 Å². The molecule has 0 aliphatic carbocycles. The topological polar surface area (TPSA) is 49.9 Å². The smallest absolute Gasteiger partial charge is 0.268 e. The standard InChI is InChI=1S/C26H22F2N2O3S/c1-16-3-10-23-21(13-16)26(25(32)29(23)15-18-4-7-19(27)14-22(18)28)30(11-12-34-26)24(31)17-5-8-20(33-2)9-6-17/h3-10,13-14H,11-12,15H2,1-2H3/t26-/m1/s1. The Morgan fingerprint density at radius 1 is 1.09 bits per heavy atom. The van der Waals surface area contributed by atoms with E-state index in [1.807, 2.05) is 25.1 Å².